The number of halogens is 2. The van der Waals surface area contributed by atoms with E-state index in [1.165, 1.54) is 17.8 Å². The highest BCUT2D eigenvalue weighted by molar-refractivity contribution is 7.99. The molecule has 0 bridgehead atoms. The number of hydrogen-bond acceptors (Lipinski definition) is 5. The summed E-state index contributed by atoms with van der Waals surface area (Å²) in [6.07, 6.45) is -0.384. The molecule has 3 rings (SSSR count). The van der Waals surface area contributed by atoms with Crippen molar-refractivity contribution in [3.8, 4) is 5.75 Å². The molecule has 1 heterocycles. The van der Waals surface area contributed by atoms with Crippen LogP contribution in [0, 0.1) is 12.7 Å². The summed E-state index contributed by atoms with van der Waals surface area (Å²) in [6.45, 7) is 3.47. The van der Waals surface area contributed by atoms with Crippen LogP contribution in [0.2, 0.25) is 5.02 Å². The lowest BCUT2D eigenvalue weighted by molar-refractivity contribution is -0.113. The van der Waals surface area contributed by atoms with E-state index in [4.69, 9.17) is 16.3 Å². The van der Waals surface area contributed by atoms with Gasteiger partial charge in [0.2, 0.25) is 5.91 Å². The van der Waals surface area contributed by atoms with E-state index in [1.54, 1.807) is 42.8 Å². The predicted molar refractivity (Wildman–Crippen MR) is 112 cm³/mol. The zero-order chi connectivity index (χ0) is 21.0. The molecule has 3 aromatic rings. The van der Waals surface area contributed by atoms with E-state index in [2.05, 4.69) is 15.5 Å². The number of nitrogens with one attached hydrogen (secondary N) is 1. The van der Waals surface area contributed by atoms with Crippen molar-refractivity contribution < 1.29 is 13.9 Å². The van der Waals surface area contributed by atoms with Gasteiger partial charge in [0.1, 0.15) is 11.6 Å². The Labute approximate surface area is 177 Å². The number of rotatable bonds is 7. The highest BCUT2D eigenvalue weighted by Gasteiger charge is 2.19. The van der Waals surface area contributed by atoms with Gasteiger partial charge in [0, 0.05) is 18.3 Å². The van der Waals surface area contributed by atoms with Gasteiger partial charge in [0.25, 0.3) is 0 Å². The van der Waals surface area contributed by atoms with Gasteiger partial charge in [-0.3, -0.25) is 4.79 Å². The lowest BCUT2D eigenvalue weighted by Crippen LogP contribution is -2.16. The summed E-state index contributed by atoms with van der Waals surface area (Å²) in [7, 11) is 1.80. The fraction of sp³-hybridized carbons (Fsp3) is 0.250. The van der Waals surface area contributed by atoms with Crippen LogP contribution in [0.5, 0.6) is 5.75 Å². The SMILES string of the molecule is Cc1c(F)cccc1NC(=O)CSc1nnc([C@@H](C)Oc2ccccc2Cl)n1C. The first-order valence-corrected chi connectivity index (χ1v) is 10.2. The van der Waals surface area contributed by atoms with Crippen LogP contribution in [0.25, 0.3) is 0 Å². The number of para-hydroxylation sites is 1. The van der Waals surface area contributed by atoms with Crippen molar-refractivity contribution in [3.05, 3.63) is 64.7 Å². The minimum absolute atomic E-state index is 0.113. The van der Waals surface area contributed by atoms with Crippen molar-refractivity contribution in [1.29, 1.82) is 0 Å². The number of benzene rings is 2. The van der Waals surface area contributed by atoms with Gasteiger partial charge in [-0.25, -0.2) is 4.39 Å². The van der Waals surface area contributed by atoms with Gasteiger partial charge in [-0.2, -0.15) is 0 Å². The summed E-state index contributed by atoms with van der Waals surface area (Å²) in [5.74, 6) is 0.661. The largest absolute Gasteiger partial charge is 0.481 e. The molecule has 9 heteroatoms. The summed E-state index contributed by atoms with van der Waals surface area (Å²) in [4.78, 5) is 12.2. The second-order valence-electron chi connectivity index (χ2n) is 6.34. The molecule has 0 fully saturated rings. The van der Waals surface area contributed by atoms with Crippen molar-refractivity contribution in [3.63, 3.8) is 0 Å². The van der Waals surface area contributed by atoms with Gasteiger partial charge in [-0.1, -0.05) is 41.6 Å². The average molecular weight is 435 g/mol. The summed E-state index contributed by atoms with van der Waals surface area (Å²) < 4.78 is 21.2. The van der Waals surface area contributed by atoms with Gasteiger partial charge >= 0.3 is 0 Å². The fourth-order valence-corrected chi connectivity index (χ4v) is 3.55. The molecular weight excluding hydrogens is 415 g/mol. The third kappa shape index (κ3) is 5.07. The first kappa shape index (κ1) is 21.1. The molecule has 1 aromatic heterocycles. The molecule has 0 aliphatic rings. The maximum absolute atomic E-state index is 13.6. The Morgan fingerprint density at radius 3 is 2.79 bits per heavy atom. The number of anilines is 1. The molecule has 0 aliphatic carbocycles. The van der Waals surface area contributed by atoms with Gasteiger partial charge in [-0.05, 0) is 38.1 Å². The van der Waals surface area contributed by atoms with Crippen molar-refractivity contribution >= 4 is 35.0 Å². The summed E-state index contributed by atoms with van der Waals surface area (Å²) in [6, 6.07) is 11.8. The van der Waals surface area contributed by atoms with Gasteiger partial charge in [-0.15, -0.1) is 10.2 Å². The predicted octanol–water partition coefficient (Wildman–Crippen LogP) is 4.79. The zero-order valence-electron chi connectivity index (χ0n) is 16.1. The second kappa shape index (κ2) is 9.28. The third-order valence-corrected chi connectivity index (χ3v) is 5.58. The first-order chi connectivity index (χ1) is 13.9. The van der Waals surface area contributed by atoms with Gasteiger partial charge < -0.3 is 14.6 Å². The van der Waals surface area contributed by atoms with Crippen molar-refractivity contribution in [2.24, 2.45) is 7.05 Å². The molecule has 29 heavy (non-hydrogen) atoms. The number of thioether (sulfide) groups is 1. The Bertz CT molecular complexity index is 1030. The molecule has 1 atom stereocenters. The monoisotopic (exact) mass is 434 g/mol. The lowest BCUT2D eigenvalue weighted by Gasteiger charge is -2.15. The van der Waals surface area contributed by atoms with E-state index in [9.17, 15) is 9.18 Å². The number of nitrogens with zero attached hydrogens (tertiary/aromatic N) is 3. The molecular formula is C20H20ClFN4O2S. The number of amides is 1. The highest BCUT2D eigenvalue weighted by Crippen LogP contribution is 2.29. The topological polar surface area (TPSA) is 69.0 Å². The van der Waals surface area contributed by atoms with E-state index >= 15 is 0 Å². The molecule has 1 N–H and O–H groups in total. The average Bonchev–Trinajstić information content (AvgIpc) is 3.06. The third-order valence-electron chi connectivity index (χ3n) is 4.25. The number of carbonyl (C=O) groups is 1. The number of ether oxygens (including phenoxy) is 1. The first-order valence-electron chi connectivity index (χ1n) is 8.85. The Balaban J connectivity index is 1.61. The van der Waals surface area contributed by atoms with Crippen LogP contribution in [0.1, 0.15) is 24.4 Å². The Morgan fingerprint density at radius 1 is 1.28 bits per heavy atom. The molecule has 0 saturated carbocycles. The van der Waals surface area contributed by atoms with Crippen LogP contribution >= 0.6 is 23.4 Å². The summed E-state index contributed by atoms with van der Waals surface area (Å²) in [5, 5.41) is 12.1. The Kier molecular flexibility index (Phi) is 6.76. The molecule has 0 radical (unpaired) electrons. The molecule has 152 valence electrons. The van der Waals surface area contributed by atoms with Crippen molar-refractivity contribution in [2.75, 3.05) is 11.1 Å². The number of hydrogen-bond donors (Lipinski definition) is 1. The van der Waals surface area contributed by atoms with E-state index in [0.29, 0.717) is 33.0 Å². The van der Waals surface area contributed by atoms with E-state index in [0.717, 1.165) is 0 Å². The molecule has 6 nitrogen and oxygen atoms in total. The van der Waals surface area contributed by atoms with Crippen LogP contribution in [-0.2, 0) is 11.8 Å². The number of aromatic nitrogens is 3. The van der Waals surface area contributed by atoms with Crippen LogP contribution in [-0.4, -0.2) is 26.4 Å². The lowest BCUT2D eigenvalue weighted by atomic mass is 10.2. The second-order valence-corrected chi connectivity index (χ2v) is 7.69. The summed E-state index contributed by atoms with van der Waals surface area (Å²) >= 11 is 7.37. The fourth-order valence-electron chi connectivity index (χ4n) is 2.65. The minimum atomic E-state index is -0.384. The van der Waals surface area contributed by atoms with Crippen molar-refractivity contribution in [2.45, 2.75) is 25.1 Å². The normalized spacial score (nSPS) is 11.9. The van der Waals surface area contributed by atoms with Crippen molar-refractivity contribution in [1.82, 2.24) is 14.8 Å². The maximum Gasteiger partial charge on any atom is 0.234 e. The molecule has 2 aromatic carbocycles. The van der Waals surface area contributed by atoms with Crippen LogP contribution in [0.15, 0.2) is 47.6 Å². The van der Waals surface area contributed by atoms with Crippen LogP contribution < -0.4 is 10.1 Å². The van der Waals surface area contributed by atoms with E-state index < -0.39 is 0 Å². The smallest absolute Gasteiger partial charge is 0.234 e. The minimum Gasteiger partial charge on any atom is -0.481 e. The van der Waals surface area contributed by atoms with E-state index in [-0.39, 0.29) is 23.6 Å². The molecule has 0 spiro atoms. The van der Waals surface area contributed by atoms with Crippen LogP contribution in [0.4, 0.5) is 10.1 Å². The molecule has 1 amide bonds. The van der Waals surface area contributed by atoms with E-state index in [1.807, 2.05) is 19.1 Å². The molecule has 0 saturated heterocycles. The Morgan fingerprint density at radius 2 is 2.03 bits per heavy atom. The van der Waals surface area contributed by atoms with Gasteiger partial charge in [0.05, 0.1) is 10.8 Å². The van der Waals surface area contributed by atoms with Crippen LogP contribution in [0.3, 0.4) is 0 Å². The Hall–Kier alpha value is -2.58. The standard InChI is InChI=1S/C20H20ClFN4O2S/c1-12-15(22)8-6-9-16(12)23-18(27)11-29-20-25-24-19(26(20)3)13(2)28-17-10-5-4-7-14(17)21/h4-10,13H,11H2,1-3H3,(H,23,27)/t13-/m1/s1. The zero-order valence-corrected chi connectivity index (χ0v) is 17.7. The molecule has 0 aliphatic heterocycles. The van der Waals surface area contributed by atoms with Gasteiger partial charge in [0.15, 0.2) is 17.1 Å². The summed E-state index contributed by atoms with van der Waals surface area (Å²) in [5.41, 5.74) is 0.855. The number of carbonyl (C=O) groups excluding carboxylic acids is 1. The molecule has 0 unspecified atom stereocenters. The quantitative estimate of drug-likeness (QED) is 0.541. The maximum atomic E-state index is 13.6. The highest BCUT2D eigenvalue weighted by atomic mass is 35.5.